The Bertz CT molecular complexity index is 3100. The third-order valence-corrected chi connectivity index (χ3v) is 19.7. The van der Waals surface area contributed by atoms with Gasteiger partial charge in [-0.05, 0) is 139 Å². The molecule has 76 heavy (non-hydrogen) atoms. The van der Waals surface area contributed by atoms with Crippen LogP contribution in [0, 0.1) is 0 Å². The summed E-state index contributed by atoms with van der Waals surface area (Å²) in [7, 11) is 0. The van der Waals surface area contributed by atoms with Crippen molar-refractivity contribution in [3.63, 3.8) is 0 Å². The lowest BCUT2D eigenvalue weighted by molar-refractivity contribution is 0.466. The summed E-state index contributed by atoms with van der Waals surface area (Å²) < 4.78 is 4.68. The first kappa shape index (κ1) is 56.0. The van der Waals surface area contributed by atoms with E-state index in [1.807, 2.05) is 23.5 Å². The predicted octanol–water partition coefficient (Wildman–Crippen LogP) is 20.3. The smallest absolute Gasteiger partial charge is 0.143 e. The van der Waals surface area contributed by atoms with Gasteiger partial charge in [0.1, 0.15) is 11.5 Å². The Morgan fingerprint density at radius 3 is 0.868 bits per heavy atom. The molecule has 2 N–H and O–H groups in total. The van der Waals surface area contributed by atoms with E-state index >= 15 is 0 Å². The standard InChI is InChI=1S/C70H90N2O2S2/c1-65(2,3)45-25-29-55-51(35-45)52-36-46(66(4,5)6)26-30-56(52)71(55)59-39-49(69(13,14)15)33-43(63(59)73)41-75-61-23-21-19-20-22-24-62(61)76-42-44-34-50(70(16,17)18)40-60(64(44)74)72-57-31-27-47(67(7,8)9)37-53(57)54-38-48(68(10,11)12)28-32-58(54)72/h25-40,61-62,73-74H,19-24,41-42H2,1-18H3. The molecular weight excluding hydrogens is 965 g/mol. The average molecular weight is 1060 g/mol. The third kappa shape index (κ3) is 11.1. The van der Waals surface area contributed by atoms with Crippen molar-refractivity contribution in [1.29, 1.82) is 0 Å². The van der Waals surface area contributed by atoms with Gasteiger partial charge in [0.25, 0.3) is 0 Å². The van der Waals surface area contributed by atoms with E-state index in [9.17, 15) is 10.2 Å². The van der Waals surface area contributed by atoms with E-state index in [4.69, 9.17) is 0 Å². The summed E-state index contributed by atoms with van der Waals surface area (Å²) in [5.41, 5.74) is 15.6. The number of benzene rings is 6. The third-order valence-electron chi connectivity index (χ3n) is 16.6. The zero-order valence-electron chi connectivity index (χ0n) is 49.7. The summed E-state index contributed by atoms with van der Waals surface area (Å²) in [4.78, 5) is 0. The second-order valence-corrected chi connectivity index (χ2v) is 31.3. The summed E-state index contributed by atoms with van der Waals surface area (Å²) in [6, 6.07) is 36.9. The molecule has 0 radical (unpaired) electrons. The molecule has 404 valence electrons. The van der Waals surface area contributed by atoms with Crippen molar-refractivity contribution in [2.24, 2.45) is 0 Å². The monoisotopic (exact) mass is 1050 g/mol. The summed E-state index contributed by atoms with van der Waals surface area (Å²) in [6.45, 7) is 41.2. The van der Waals surface area contributed by atoms with Crippen molar-refractivity contribution in [2.45, 2.75) is 218 Å². The van der Waals surface area contributed by atoms with E-state index < -0.39 is 0 Å². The lowest BCUT2D eigenvalue weighted by Crippen LogP contribution is -2.22. The highest BCUT2D eigenvalue weighted by molar-refractivity contribution is 8.03. The molecule has 1 aliphatic carbocycles. The van der Waals surface area contributed by atoms with E-state index in [2.05, 4.69) is 231 Å². The van der Waals surface area contributed by atoms with Crippen LogP contribution in [-0.2, 0) is 44.0 Å². The lowest BCUT2D eigenvalue weighted by atomic mass is 9.85. The second kappa shape index (κ2) is 20.1. The number of hydrogen-bond donors (Lipinski definition) is 2. The molecule has 0 aliphatic heterocycles. The number of phenolic OH excluding ortho intramolecular Hbond substituents is 2. The number of phenols is 2. The SMILES string of the molecule is CC(C)(C)c1cc(CSC2CCCCCCC2SCc2cc(C(C)(C)C)cc(-n3c4ccc(C(C)(C)C)cc4c4cc(C(C)(C)C)ccc43)c2O)c(O)c(-n2c3ccc(C(C)(C)C)cc3c3cc(C(C)(C)C)ccc32)c1. The van der Waals surface area contributed by atoms with Gasteiger partial charge in [-0.25, -0.2) is 0 Å². The quantitative estimate of drug-likeness (QED) is 0.159. The van der Waals surface area contributed by atoms with Crippen LogP contribution in [0.5, 0.6) is 11.5 Å². The lowest BCUT2D eigenvalue weighted by Gasteiger charge is -2.30. The Kier molecular flexibility index (Phi) is 14.8. The summed E-state index contributed by atoms with van der Waals surface area (Å²) in [5, 5.41) is 31.2. The van der Waals surface area contributed by atoms with Crippen molar-refractivity contribution in [2.75, 3.05) is 0 Å². The van der Waals surface area contributed by atoms with Crippen LogP contribution in [0.4, 0.5) is 0 Å². The van der Waals surface area contributed by atoms with E-state index in [1.54, 1.807) is 0 Å². The molecular formula is C70H90N2O2S2. The number of aromatic hydroxyl groups is 2. The van der Waals surface area contributed by atoms with Crippen molar-refractivity contribution in [3.8, 4) is 22.9 Å². The summed E-state index contributed by atoms with van der Waals surface area (Å²) in [5.74, 6) is 2.20. The molecule has 1 saturated carbocycles. The molecule has 1 aliphatic rings. The number of fused-ring (bicyclic) bond motifs is 6. The highest BCUT2D eigenvalue weighted by atomic mass is 32.2. The minimum atomic E-state index is -0.134. The Morgan fingerprint density at radius 1 is 0.355 bits per heavy atom. The number of aromatic nitrogens is 2. The van der Waals surface area contributed by atoms with Gasteiger partial charge >= 0.3 is 0 Å². The number of thioether (sulfide) groups is 2. The van der Waals surface area contributed by atoms with E-state index in [1.165, 1.54) is 80.6 Å². The molecule has 4 nitrogen and oxygen atoms in total. The fourth-order valence-electron chi connectivity index (χ4n) is 11.4. The predicted molar refractivity (Wildman–Crippen MR) is 335 cm³/mol. The number of hydrogen-bond acceptors (Lipinski definition) is 4. The Labute approximate surface area is 465 Å². The van der Waals surface area contributed by atoms with Gasteiger partial charge < -0.3 is 19.3 Å². The molecule has 0 saturated heterocycles. The van der Waals surface area contributed by atoms with Gasteiger partial charge in [-0.3, -0.25) is 0 Å². The van der Waals surface area contributed by atoms with Crippen LogP contribution >= 0.6 is 23.5 Å². The molecule has 8 aromatic rings. The number of rotatable bonds is 8. The fourth-order valence-corrected chi connectivity index (χ4v) is 14.5. The molecule has 0 bridgehead atoms. The van der Waals surface area contributed by atoms with Gasteiger partial charge in [-0.15, -0.1) is 0 Å². The Hall–Kier alpha value is -4.78. The molecule has 0 spiro atoms. The van der Waals surface area contributed by atoms with Crippen molar-refractivity contribution < 1.29 is 10.2 Å². The van der Waals surface area contributed by atoms with E-state index in [-0.39, 0.29) is 32.5 Å². The first-order valence-electron chi connectivity index (χ1n) is 28.5. The maximum absolute atomic E-state index is 12.8. The highest BCUT2D eigenvalue weighted by Crippen LogP contribution is 2.47. The van der Waals surface area contributed by atoms with Gasteiger partial charge in [0, 0.05) is 54.7 Å². The summed E-state index contributed by atoms with van der Waals surface area (Å²) >= 11 is 4.07. The van der Waals surface area contributed by atoms with E-state index in [0.29, 0.717) is 22.0 Å². The number of nitrogens with zero attached hydrogens (tertiary/aromatic N) is 2. The molecule has 2 atom stereocenters. The van der Waals surface area contributed by atoms with Gasteiger partial charge in [0.15, 0.2) is 0 Å². The van der Waals surface area contributed by atoms with Crippen molar-refractivity contribution >= 4 is 67.1 Å². The molecule has 2 heterocycles. The van der Waals surface area contributed by atoms with Crippen LogP contribution in [0.2, 0.25) is 0 Å². The van der Waals surface area contributed by atoms with Gasteiger partial charge in [-0.1, -0.05) is 187 Å². The molecule has 9 rings (SSSR count). The molecule has 2 unspecified atom stereocenters. The van der Waals surface area contributed by atoms with Crippen LogP contribution in [0.25, 0.3) is 55.0 Å². The Morgan fingerprint density at radius 2 is 0.618 bits per heavy atom. The van der Waals surface area contributed by atoms with Crippen LogP contribution in [-0.4, -0.2) is 29.8 Å². The maximum atomic E-state index is 12.8. The highest BCUT2D eigenvalue weighted by Gasteiger charge is 2.30. The van der Waals surface area contributed by atoms with Gasteiger partial charge in [0.2, 0.25) is 0 Å². The Balaban J connectivity index is 1.09. The zero-order valence-corrected chi connectivity index (χ0v) is 51.3. The maximum Gasteiger partial charge on any atom is 0.143 e. The molecule has 1 fully saturated rings. The van der Waals surface area contributed by atoms with Crippen LogP contribution < -0.4 is 0 Å². The van der Waals surface area contributed by atoms with Gasteiger partial charge in [-0.2, -0.15) is 23.5 Å². The minimum absolute atomic E-state index is 0.00262. The average Bonchev–Trinajstić information content (AvgIpc) is 3.81. The largest absolute Gasteiger partial charge is 0.505 e. The second-order valence-electron chi connectivity index (χ2n) is 28.8. The fraction of sp³-hybridized carbons (Fsp3) is 0.486. The summed E-state index contributed by atoms with van der Waals surface area (Å²) in [6.07, 6.45) is 7.22. The van der Waals surface area contributed by atoms with Crippen molar-refractivity contribution in [3.05, 3.63) is 142 Å². The van der Waals surface area contributed by atoms with Crippen LogP contribution in [0.3, 0.4) is 0 Å². The first-order valence-corrected chi connectivity index (χ1v) is 30.6. The molecule has 6 aromatic carbocycles. The first-order chi connectivity index (χ1) is 35.3. The molecule has 6 heteroatoms. The van der Waals surface area contributed by atoms with Crippen LogP contribution in [0.1, 0.15) is 208 Å². The van der Waals surface area contributed by atoms with Crippen molar-refractivity contribution in [1.82, 2.24) is 9.13 Å². The topological polar surface area (TPSA) is 50.3 Å². The molecule has 0 amide bonds. The minimum Gasteiger partial charge on any atom is -0.505 e. The van der Waals surface area contributed by atoms with E-state index in [0.717, 1.165) is 68.9 Å². The van der Waals surface area contributed by atoms with Crippen LogP contribution in [0.15, 0.2) is 97.1 Å². The van der Waals surface area contributed by atoms with Gasteiger partial charge in [0.05, 0.1) is 33.4 Å². The zero-order chi connectivity index (χ0) is 55.2. The molecule has 2 aromatic heterocycles. The normalized spacial score (nSPS) is 16.8.